The summed E-state index contributed by atoms with van der Waals surface area (Å²) in [6.07, 6.45) is 1.55. The molecule has 0 aliphatic heterocycles. The van der Waals surface area contributed by atoms with Crippen LogP contribution in [0.4, 0.5) is 0 Å². The molecule has 0 saturated carbocycles. The van der Waals surface area contributed by atoms with E-state index in [1.807, 2.05) is 31.2 Å². The van der Waals surface area contributed by atoms with Crippen LogP contribution in [0.15, 0.2) is 52.8 Å². The van der Waals surface area contributed by atoms with Crippen LogP contribution in [0.5, 0.6) is 0 Å². The van der Waals surface area contributed by atoms with Gasteiger partial charge in [0, 0.05) is 11.4 Å². The molecule has 0 aliphatic carbocycles. The average Bonchev–Trinajstić information content (AvgIpc) is 2.36. The summed E-state index contributed by atoms with van der Waals surface area (Å²) in [4.78, 5) is 4.09. The van der Waals surface area contributed by atoms with E-state index in [1.165, 1.54) is 0 Å². The van der Waals surface area contributed by atoms with E-state index in [-0.39, 0.29) is 11.5 Å². The largest absolute Gasteiger partial charge is 0.409 e. The molecule has 0 aliphatic rings. The first kappa shape index (κ1) is 14.5. The molecule has 0 radical (unpaired) electrons. The van der Waals surface area contributed by atoms with Crippen LogP contribution >= 0.6 is 0 Å². The van der Waals surface area contributed by atoms with Crippen molar-refractivity contribution in [3.63, 3.8) is 0 Å². The first-order valence-electron chi connectivity index (χ1n) is 5.70. The predicted octanol–water partition coefficient (Wildman–Crippen LogP) is 2.02. The number of hydrogen-bond donors (Lipinski definition) is 3. The molecule has 0 amide bonds. The Balaban J connectivity index is 3.20. The normalized spacial score (nSPS) is 13.5. The van der Waals surface area contributed by atoms with E-state index in [0.717, 1.165) is 11.1 Å². The highest BCUT2D eigenvalue weighted by atomic mass is 16.4. The maximum Gasteiger partial charge on any atom is 0.188 e. The van der Waals surface area contributed by atoms with Crippen LogP contribution in [0.3, 0.4) is 0 Å². The van der Waals surface area contributed by atoms with Crippen molar-refractivity contribution in [1.29, 1.82) is 0 Å². The summed E-state index contributed by atoms with van der Waals surface area (Å²) in [6, 6.07) is 7.70. The van der Waals surface area contributed by atoms with E-state index in [0.29, 0.717) is 11.4 Å². The van der Waals surface area contributed by atoms with Gasteiger partial charge in [0.15, 0.2) is 5.84 Å². The lowest BCUT2D eigenvalue weighted by Gasteiger charge is -2.05. The van der Waals surface area contributed by atoms with E-state index in [9.17, 15) is 0 Å². The van der Waals surface area contributed by atoms with Gasteiger partial charge >= 0.3 is 0 Å². The molecule has 1 rings (SSSR count). The number of allylic oxidation sites excluding steroid dienone is 1. The van der Waals surface area contributed by atoms with Gasteiger partial charge in [-0.3, -0.25) is 4.99 Å². The molecule has 5 heteroatoms. The van der Waals surface area contributed by atoms with Gasteiger partial charge in [-0.1, -0.05) is 35.5 Å². The van der Waals surface area contributed by atoms with Crippen LogP contribution in [-0.2, 0) is 0 Å². The second-order valence-electron chi connectivity index (χ2n) is 4.19. The number of aryl methyl sites for hydroxylation is 1. The Kier molecular flexibility index (Phi) is 4.88. The first-order valence-corrected chi connectivity index (χ1v) is 5.70. The Hall–Kier alpha value is -2.56. The second kappa shape index (κ2) is 6.39. The highest BCUT2D eigenvalue weighted by Crippen LogP contribution is 2.11. The van der Waals surface area contributed by atoms with Gasteiger partial charge in [-0.05, 0) is 31.6 Å². The number of rotatable bonds is 4. The Morgan fingerprint density at radius 2 is 2.05 bits per heavy atom. The molecule has 5 nitrogen and oxygen atoms in total. The van der Waals surface area contributed by atoms with E-state index >= 15 is 0 Å². The number of amidine groups is 1. The summed E-state index contributed by atoms with van der Waals surface area (Å²) in [5.74, 6) is -0.112. The molecule has 0 fully saturated rings. The topological polar surface area (TPSA) is 97.0 Å². The minimum atomic E-state index is -0.112. The third-order valence-electron chi connectivity index (χ3n) is 2.33. The molecule has 0 aromatic heterocycles. The predicted molar refractivity (Wildman–Crippen MR) is 79.0 cm³/mol. The van der Waals surface area contributed by atoms with Gasteiger partial charge in [0.25, 0.3) is 0 Å². The number of benzene rings is 1. The SMILES string of the molecule is C=C(C)N=C(/C=C(\N)c1cccc(C)c1)/C(N)=N/O. The van der Waals surface area contributed by atoms with Gasteiger partial charge < -0.3 is 16.7 Å². The third-order valence-corrected chi connectivity index (χ3v) is 2.33. The van der Waals surface area contributed by atoms with Crippen LogP contribution in [0.25, 0.3) is 5.70 Å². The minimum absolute atomic E-state index is 0.112. The lowest BCUT2D eigenvalue weighted by molar-refractivity contribution is 0.319. The molecule has 19 heavy (non-hydrogen) atoms. The first-order chi connectivity index (χ1) is 8.93. The molecule has 0 atom stereocenters. The minimum Gasteiger partial charge on any atom is -0.409 e. The zero-order valence-electron chi connectivity index (χ0n) is 11.1. The lowest BCUT2D eigenvalue weighted by atomic mass is 10.1. The van der Waals surface area contributed by atoms with Gasteiger partial charge in [0.2, 0.25) is 0 Å². The maximum atomic E-state index is 8.73. The number of hydrogen-bond acceptors (Lipinski definition) is 4. The van der Waals surface area contributed by atoms with E-state index in [2.05, 4.69) is 16.7 Å². The molecule has 1 aromatic carbocycles. The van der Waals surface area contributed by atoms with Crippen molar-refractivity contribution in [1.82, 2.24) is 0 Å². The highest BCUT2D eigenvalue weighted by Gasteiger charge is 2.05. The smallest absolute Gasteiger partial charge is 0.188 e. The summed E-state index contributed by atoms with van der Waals surface area (Å²) in [7, 11) is 0. The van der Waals surface area contributed by atoms with Crippen molar-refractivity contribution in [3.05, 3.63) is 53.7 Å². The van der Waals surface area contributed by atoms with Gasteiger partial charge in [0.1, 0.15) is 5.71 Å². The van der Waals surface area contributed by atoms with E-state index < -0.39 is 0 Å². The van der Waals surface area contributed by atoms with E-state index in [1.54, 1.807) is 13.0 Å². The Morgan fingerprint density at radius 3 is 2.58 bits per heavy atom. The summed E-state index contributed by atoms with van der Waals surface area (Å²) in [5.41, 5.74) is 14.8. The Labute approximate surface area is 112 Å². The average molecular weight is 258 g/mol. The van der Waals surface area contributed by atoms with Crippen molar-refractivity contribution >= 4 is 17.2 Å². The zero-order valence-corrected chi connectivity index (χ0v) is 11.1. The quantitative estimate of drug-likeness (QED) is 0.333. The number of nitrogens with zero attached hydrogens (tertiary/aromatic N) is 2. The van der Waals surface area contributed by atoms with Crippen molar-refractivity contribution in [3.8, 4) is 0 Å². The summed E-state index contributed by atoms with van der Waals surface area (Å²) < 4.78 is 0. The maximum absolute atomic E-state index is 8.73. The van der Waals surface area contributed by atoms with Crippen LogP contribution in [-0.4, -0.2) is 16.8 Å². The summed E-state index contributed by atoms with van der Waals surface area (Å²) >= 11 is 0. The molecular weight excluding hydrogens is 240 g/mol. The molecule has 1 aromatic rings. The van der Waals surface area contributed by atoms with Crippen LogP contribution in [0.1, 0.15) is 18.1 Å². The number of aliphatic imine (C=N–C) groups is 1. The van der Waals surface area contributed by atoms with Crippen molar-refractivity contribution < 1.29 is 5.21 Å². The second-order valence-corrected chi connectivity index (χ2v) is 4.19. The third kappa shape index (κ3) is 4.31. The summed E-state index contributed by atoms with van der Waals surface area (Å²) in [6.45, 7) is 7.34. The fourth-order valence-electron chi connectivity index (χ4n) is 1.48. The summed E-state index contributed by atoms with van der Waals surface area (Å²) in [5, 5.41) is 11.7. The van der Waals surface area contributed by atoms with Gasteiger partial charge in [-0.15, -0.1) is 0 Å². The highest BCUT2D eigenvalue weighted by molar-refractivity contribution is 6.46. The van der Waals surface area contributed by atoms with E-state index in [4.69, 9.17) is 16.7 Å². The lowest BCUT2D eigenvalue weighted by Crippen LogP contribution is -2.23. The fourth-order valence-corrected chi connectivity index (χ4v) is 1.48. The molecule has 0 bridgehead atoms. The molecule has 0 saturated heterocycles. The van der Waals surface area contributed by atoms with Gasteiger partial charge in [-0.2, -0.15) is 0 Å². The van der Waals surface area contributed by atoms with Crippen LogP contribution in [0, 0.1) is 6.92 Å². The zero-order chi connectivity index (χ0) is 14.4. The van der Waals surface area contributed by atoms with Crippen molar-refractivity contribution in [2.75, 3.05) is 0 Å². The monoisotopic (exact) mass is 258 g/mol. The fraction of sp³-hybridized carbons (Fsp3) is 0.143. The number of nitrogens with two attached hydrogens (primary N) is 2. The molecule has 5 N–H and O–H groups in total. The molecule has 0 unspecified atom stereocenters. The molecule has 0 heterocycles. The van der Waals surface area contributed by atoms with Crippen LogP contribution < -0.4 is 11.5 Å². The molecule has 0 spiro atoms. The standard InChI is InChI=1S/C14H18N4O/c1-9(2)17-13(14(16)18-19)8-12(15)11-6-4-5-10(3)7-11/h4-8,19H,1,15H2,2-3H3,(H2,16,18)/b12-8-,17-13?. The Morgan fingerprint density at radius 1 is 1.37 bits per heavy atom. The van der Waals surface area contributed by atoms with Crippen LogP contribution in [0.2, 0.25) is 0 Å². The van der Waals surface area contributed by atoms with Gasteiger partial charge in [-0.25, -0.2) is 0 Å². The van der Waals surface area contributed by atoms with Crippen molar-refractivity contribution in [2.45, 2.75) is 13.8 Å². The van der Waals surface area contributed by atoms with Gasteiger partial charge in [0.05, 0.1) is 0 Å². The van der Waals surface area contributed by atoms with Crippen molar-refractivity contribution in [2.24, 2.45) is 21.6 Å². The number of oxime groups is 1. The molecule has 100 valence electrons. The Bertz CT molecular complexity index is 571. The molecular formula is C14H18N4O.